The van der Waals surface area contributed by atoms with Crippen molar-refractivity contribution in [1.29, 1.82) is 0 Å². The molecule has 1 rings (SSSR count). The predicted molar refractivity (Wildman–Crippen MR) is 77.1 cm³/mol. The van der Waals surface area contributed by atoms with Crippen LogP contribution in [0.3, 0.4) is 0 Å². The molecule has 4 N–H and O–H groups in total. The lowest BCUT2D eigenvalue weighted by Crippen LogP contribution is -2.33. The normalized spacial score (nSPS) is 16.6. The van der Waals surface area contributed by atoms with E-state index in [-0.39, 0.29) is 17.4 Å². The van der Waals surface area contributed by atoms with Crippen molar-refractivity contribution < 1.29 is 14.7 Å². The van der Waals surface area contributed by atoms with Gasteiger partial charge >= 0.3 is 5.97 Å². The smallest absolute Gasteiger partial charge is 0.321 e. The molecule has 0 aromatic rings. The summed E-state index contributed by atoms with van der Waals surface area (Å²) in [5.41, 5.74) is 6.78. The van der Waals surface area contributed by atoms with Gasteiger partial charge < -0.3 is 16.2 Å². The van der Waals surface area contributed by atoms with Gasteiger partial charge in [0.25, 0.3) is 0 Å². The summed E-state index contributed by atoms with van der Waals surface area (Å²) in [6, 6.07) is -0.898. The van der Waals surface area contributed by atoms with Crippen molar-refractivity contribution in [3.05, 3.63) is 11.6 Å². The standard InChI is InChI=1S/C13H22N2O3S/c14-11(13(17)18)8-19-9-12(16)15-7-6-10-4-2-1-3-5-10/h4,11H,1-3,5-9,14H2,(H,15,16)(H,17,18)/t11-/m0/s1. The lowest BCUT2D eigenvalue weighted by Gasteiger charge is -2.13. The van der Waals surface area contributed by atoms with Gasteiger partial charge in [0.1, 0.15) is 6.04 Å². The van der Waals surface area contributed by atoms with E-state index in [4.69, 9.17) is 10.8 Å². The average molecular weight is 286 g/mol. The number of amides is 1. The first-order chi connectivity index (χ1) is 9.09. The maximum Gasteiger partial charge on any atom is 0.321 e. The number of hydrogen-bond acceptors (Lipinski definition) is 4. The number of rotatable bonds is 8. The third-order valence-electron chi connectivity index (χ3n) is 3.00. The van der Waals surface area contributed by atoms with Crippen LogP contribution in [0, 0.1) is 0 Å². The van der Waals surface area contributed by atoms with Crippen molar-refractivity contribution in [2.75, 3.05) is 18.1 Å². The molecule has 0 saturated heterocycles. The number of aliphatic carboxylic acids is 1. The summed E-state index contributed by atoms with van der Waals surface area (Å²) in [4.78, 5) is 22.0. The van der Waals surface area contributed by atoms with Crippen LogP contribution in [0.4, 0.5) is 0 Å². The highest BCUT2D eigenvalue weighted by Gasteiger charge is 2.12. The number of nitrogens with two attached hydrogens (primary N) is 1. The zero-order chi connectivity index (χ0) is 14.1. The molecule has 19 heavy (non-hydrogen) atoms. The number of carbonyl (C=O) groups excluding carboxylic acids is 1. The number of carboxylic acid groups (broad SMARTS) is 1. The highest BCUT2D eigenvalue weighted by molar-refractivity contribution is 8.00. The van der Waals surface area contributed by atoms with Crippen LogP contribution < -0.4 is 11.1 Å². The van der Waals surface area contributed by atoms with Crippen molar-refractivity contribution >= 4 is 23.6 Å². The van der Waals surface area contributed by atoms with Crippen LogP contribution in [0.25, 0.3) is 0 Å². The van der Waals surface area contributed by atoms with Gasteiger partial charge in [-0.3, -0.25) is 9.59 Å². The minimum absolute atomic E-state index is 0.0565. The van der Waals surface area contributed by atoms with Crippen LogP contribution in [0.15, 0.2) is 11.6 Å². The van der Waals surface area contributed by atoms with Crippen LogP contribution in [0.5, 0.6) is 0 Å². The fourth-order valence-corrected chi connectivity index (χ4v) is 2.70. The third kappa shape index (κ3) is 7.22. The molecule has 108 valence electrons. The van der Waals surface area contributed by atoms with Gasteiger partial charge in [-0.25, -0.2) is 0 Å². The molecule has 0 aromatic carbocycles. The summed E-state index contributed by atoms with van der Waals surface area (Å²) in [7, 11) is 0. The van der Waals surface area contributed by atoms with Gasteiger partial charge in [0.15, 0.2) is 0 Å². The van der Waals surface area contributed by atoms with E-state index in [0.717, 1.165) is 19.3 Å². The van der Waals surface area contributed by atoms with Crippen LogP contribution in [-0.4, -0.2) is 41.1 Å². The van der Waals surface area contributed by atoms with E-state index in [1.165, 1.54) is 30.2 Å². The molecule has 1 atom stereocenters. The topological polar surface area (TPSA) is 92.4 Å². The first-order valence-electron chi connectivity index (χ1n) is 6.60. The number of carboxylic acids is 1. The van der Waals surface area contributed by atoms with Crippen LogP contribution in [0.2, 0.25) is 0 Å². The van der Waals surface area contributed by atoms with E-state index in [9.17, 15) is 9.59 Å². The lowest BCUT2D eigenvalue weighted by atomic mass is 9.97. The van der Waals surface area contributed by atoms with E-state index in [0.29, 0.717) is 6.54 Å². The fraction of sp³-hybridized carbons (Fsp3) is 0.692. The zero-order valence-electron chi connectivity index (χ0n) is 11.1. The van der Waals surface area contributed by atoms with Crippen molar-refractivity contribution in [3.8, 4) is 0 Å². The van der Waals surface area contributed by atoms with Gasteiger partial charge in [-0.2, -0.15) is 0 Å². The highest BCUT2D eigenvalue weighted by atomic mass is 32.2. The summed E-state index contributed by atoms with van der Waals surface area (Å²) in [5, 5.41) is 11.4. The number of thioether (sulfide) groups is 1. The van der Waals surface area contributed by atoms with Crippen LogP contribution in [0.1, 0.15) is 32.1 Å². The maximum atomic E-state index is 11.5. The number of carbonyl (C=O) groups is 2. The largest absolute Gasteiger partial charge is 0.480 e. The Labute approximate surface area is 118 Å². The Kier molecular flexibility index (Phi) is 7.59. The predicted octanol–water partition coefficient (Wildman–Crippen LogP) is 1.14. The minimum atomic E-state index is -1.03. The first kappa shape index (κ1) is 16.0. The van der Waals surface area contributed by atoms with Crippen molar-refractivity contribution in [3.63, 3.8) is 0 Å². The van der Waals surface area contributed by atoms with Gasteiger partial charge in [0.05, 0.1) is 5.75 Å². The molecule has 0 bridgehead atoms. The van der Waals surface area contributed by atoms with Crippen molar-refractivity contribution in [2.24, 2.45) is 5.73 Å². The Morgan fingerprint density at radius 3 is 2.89 bits per heavy atom. The molecule has 6 heteroatoms. The zero-order valence-corrected chi connectivity index (χ0v) is 11.9. The highest BCUT2D eigenvalue weighted by Crippen LogP contribution is 2.19. The van der Waals surface area contributed by atoms with E-state index in [2.05, 4.69) is 11.4 Å². The fourth-order valence-electron chi connectivity index (χ4n) is 1.90. The molecule has 0 radical (unpaired) electrons. The monoisotopic (exact) mass is 286 g/mol. The quantitative estimate of drug-likeness (QED) is 0.582. The maximum absolute atomic E-state index is 11.5. The Morgan fingerprint density at radius 2 is 2.26 bits per heavy atom. The summed E-state index contributed by atoms with van der Waals surface area (Å²) in [5.74, 6) is -0.565. The average Bonchev–Trinajstić information content (AvgIpc) is 2.39. The molecule has 0 heterocycles. The van der Waals surface area contributed by atoms with Crippen LogP contribution in [-0.2, 0) is 9.59 Å². The number of allylic oxidation sites excluding steroid dienone is 1. The van der Waals surface area contributed by atoms with Gasteiger partial charge in [-0.05, 0) is 32.1 Å². The molecule has 0 fully saturated rings. The van der Waals surface area contributed by atoms with Gasteiger partial charge in [0, 0.05) is 12.3 Å². The Bertz CT molecular complexity index is 345. The molecular formula is C13H22N2O3S. The summed E-state index contributed by atoms with van der Waals surface area (Å²) >= 11 is 1.25. The third-order valence-corrected chi connectivity index (χ3v) is 4.06. The first-order valence-corrected chi connectivity index (χ1v) is 7.76. The molecular weight excluding hydrogens is 264 g/mol. The molecule has 0 saturated carbocycles. The molecule has 5 nitrogen and oxygen atoms in total. The minimum Gasteiger partial charge on any atom is -0.480 e. The number of hydrogen-bond donors (Lipinski definition) is 3. The molecule has 0 spiro atoms. The SMILES string of the molecule is N[C@@H](CSCC(=O)NCCC1=CCCCC1)C(=O)O. The van der Waals surface area contributed by atoms with E-state index >= 15 is 0 Å². The van der Waals surface area contributed by atoms with Gasteiger partial charge in [-0.1, -0.05) is 11.6 Å². The van der Waals surface area contributed by atoms with Gasteiger partial charge in [-0.15, -0.1) is 11.8 Å². The Morgan fingerprint density at radius 1 is 1.47 bits per heavy atom. The molecule has 0 aromatic heterocycles. The van der Waals surface area contributed by atoms with E-state index in [1.807, 2.05) is 0 Å². The molecule has 1 aliphatic carbocycles. The molecule has 1 aliphatic rings. The van der Waals surface area contributed by atoms with E-state index in [1.54, 1.807) is 0 Å². The molecule has 0 aliphatic heterocycles. The molecule has 0 unspecified atom stereocenters. The van der Waals surface area contributed by atoms with Crippen molar-refractivity contribution in [1.82, 2.24) is 5.32 Å². The second-order valence-electron chi connectivity index (χ2n) is 4.67. The van der Waals surface area contributed by atoms with Crippen LogP contribution >= 0.6 is 11.8 Å². The van der Waals surface area contributed by atoms with Gasteiger partial charge in [0.2, 0.25) is 5.91 Å². The second kappa shape index (κ2) is 8.98. The summed E-state index contributed by atoms with van der Waals surface area (Å²) < 4.78 is 0. The Balaban J connectivity index is 2.04. The summed E-state index contributed by atoms with van der Waals surface area (Å²) in [6.45, 7) is 0.663. The second-order valence-corrected chi connectivity index (χ2v) is 5.70. The van der Waals surface area contributed by atoms with Crippen molar-refractivity contribution in [2.45, 2.75) is 38.1 Å². The lowest BCUT2D eigenvalue weighted by molar-refractivity contribution is -0.138. The van der Waals surface area contributed by atoms with E-state index < -0.39 is 12.0 Å². The summed E-state index contributed by atoms with van der Waals surface area (Å²) in [6.07, 6.45) is 8.03. The molecule has 1 amide bonds. The Hall–Kier alpha value is -1.01. The number of nitrogens with one attached hydrogen (secondary N) is 1.